The van der Waals surface area contributed by atoms with Gasteiger partial charge in [-0.2, -0.15) is 0 Å². The van der Waals surface area contributed by atoms with Crippen molar-refractivity contribution in [3.8, 4) is 0 Å². The van der Waals surface area contributed by atoms with Crippen LogP contribution in [0.3, 0.4) is 0 Å². The standard InChI is InChI=1S/C8H12O/c1-3-4-7-6(2)8(7)5-9/h3-8H,1-2H3/b4-3+/t6-,7+,8-/m0/s1. The number of carbonyl (C=O) groups excluding carboxylic acids is 1. The lowest BCUT2D eigenvalue weighted by Crippen LogP contribution is -1.77. The molecule has 1 nitrogen and oxygen atoms in total. The second-order valence-corrected chi connectivity index (χ2v) is 2.68. The van der Waals surface area contributed by atoms with Crippen LogP contribution in [-0.4, -0.2) is 6.29 Å². The van der Waals surface area contributed by atoms with Crippen LogP contribution in [0.1, 0.15) is 13.8 Å². The SMILES string of the molecule is C/C=C/[C@@H]1[C@H](C)[C@@H]1C=O. The number of carbonyl (C=O) groups is 1. The van der Waals surface area contributed by atoms with E-state index in [2.05, 4.69) is 13.0 Å². The summed E-state index contributed by atoms with van der Waals surface area (Å²) in [5, 5.41) is 0. The van der Waals surface area contributed by atoms with E-state index in [9.17, 15) is 4.79 Å². The molecular weight excluding hydrogens is 112 g/mol. The molecule has 1 rings (SSSR count). The minimum Gasteiger partial charge on any atom is -0.303 e. The van der Waals surface area contributed by atoms with Crippen LogP contribution in [0.25, 0.3) is 0 Å². The first-order valence-electron chi connectivity index (χ1n) is 3.39. The maximum Gasteiger partial charge on any atom is 0.123 e. The molecule has 1 saturated carbocycles. The molecule has 1 aliphatic rings. The molecular formula is C8H12O. The zero-order valence-electron chi connectivity index (χ0n) is 5.87. The van der Waals surface area contributed by atoms with E-state index < -0.39 is 0 Å². The highest BCUT2D eigenvalue weighted by atomic mass is 16.1. The number of rotatable bonds is 2. The van der Waals surface area contributed by atoms with Gasteiger partial charge in [0.05, 0.1) is 0 Å². The van der Waals surface area contributed by atoms with Gasteiger partial charge in [0.25, 0.3) is 0 Å². The molecule has 0 heterocycles. The Morgan fingerprint density at radius 1 is 1.33 bits per heavy atom. The third kappa shape index (κ3) is 1.04. The first kappa shape index (κ1) is 6.53. The monoisotopic (exact) mass is 124 g/mol. The molecule has 1 heteroatoms. The Kier molecular flexibility index (Phi) is 1.70. The van der Waals surface area contributed by atoms with Crippen LogP contribution in [0.15, 0.2) is 12.2 Å². The summed E-state index contributed by atoms with van der Waals surface area (Å²) in [5.41, 5.74) is 0. The Hall–Kier alpha value is -0.590. The van der Waals surface area contributed by atoms with Gasteiger partial charge in [0.2, 0.25) is 0 Å². The van der Waals surface area contributed by atoms with E-state index in [0.717, 1.165) is 6.29 Å². The van der Waals surface area contributed by atoms with Crippen molar-refractivity contribution in [1.82, 2.24) is 0 Å². The van der Waals surface area contributed by atoms with Crippen LogP contribution in [0.2, 0.25) is 0 Å². The summed E-state index contributed by atoms with van der Waals surface area (Å²) in [6.45, 7) is 4.11. The number of aldehydes is 1. The van der Waals surface area contributed by atoms with Crippen molar-refractivity contribution >= 4 is 6.29 Å². The van der Waals surface area contributed by atoms with Gasteiger partial charge in [-0.15, -0.1) is 0 Å². The molecule has 0 aromatic carbocycles. The fraction of sp³-hybridized carbons (Fsp3) is 0.625. The van der Waals surface area contributed by atoms with E-state index in [1.807, 2.05) is 13.0 Å². The minimum atomic E-state index is 0.321. The maximum absolute atomic E-state index is 10.2. The molecule has 0 radical (unpaired) electrons. The highest BCUT2D eigenvalue weighted by Gasteiger charge is 2.44. The van der Waals surface area contributed by atoms with E-state index in [-0.39, 0.29) is 0 Å². The quantitative estimate of drug-likeness (QED) is 0.404. The molecule has 0 aromatic rings. The van der Waals surface area contributed by atoms with Crippen LogP contribution in [0, 0.1) is 17.8 Å². The first-order valence-corrected chi connectivity index (χ1v) is 3.39. The molecule has 3 atom stereocenters. The molecule has 0 spiro atoms. The average molecular weight is 124 g/mol. The minimum absolute atomic E-state index is 0.321. The Bertz CT molecular complexity index is 138. The second-order valence-electron chi connectivity index (χ2n) is 2.68. The fourth-order valence-electron chi connectivity index (χ4n) is 1.27. The van der Waals surface area contributed by atoms with Crippen molar-refractivity contribution in [2.45, 2.75) is 13.8 Å². The van der Waals surface area contributed by atoms with Crippen molar-refractivity contribution in [1.29, 1.82) is 0 Å². The van der Waals surface area contributed by atoms with Crippen molar-refractivity contribution in [2.75, 3.05) is 0 Å². The summed E-state index contributed by atoms with van der Waals surface area (Å²) >= 11 is 0. The van der Waals surface area contributed by atoms with Gasteiger partial charge >= 0.3 is 0 Å². The van der Waals surface area contributed by atoms with Crippen molar-refractivity contribution in [3.05, 3.63) is 12.2 Å². The Morgan fingerprint density at radius 2 is 2.00 bits per heavy atom. The van der Waals surface area contributed by atoms with Gasteiger partial charge in [-0.1, -0.05) is 19.1 Å². The summed E-state index contributed by atoms with van der Waals surface area (Å²) in [4.78, 5) is 10.2. The molecule has 0 bridgehead atoms. The van der Waals surface area contributed by atoms with Crippen LogP contribution in [0.5, 0.6) is 0 Å². The normalized spacial score (nSPS) is 41.3. The van der Waals surface area contributed by atoms with Crippen molar-refractivity contribution < 1.29 is 4.79 Å². The van der Waals surface area contributed by atoms with Gasteiger partial charge in [-0.05, 0) is 18.8 Å². The predicted molar refractivity (Wildman–Crippen MR) is 37.0 cm³/mol. The summed E-state index contributed by atoms with van der Waals surface area (Å²) in [6, 6.07) is 0. The predicted octanol–water partition coefficient (Wildman–Crippen LogP) is 1.64. The highest BCUT2D eigenvalue weighted by molar-refractivity contribution is 5.60. The van der Waals surface area contributed by atoms with Gasteiger partial charge in [0.15, 0.2) is 0 Å². The van der Waals surface area contributed by atoms with Crippen molar-refractivity contribution in [2.24, 2.45) is 17.8 Å². The number of allylic oxidation sites excluding steroid dienone is 2. The van der Waals surface area contributed by atoms with Gasteiger partial charge in [0, 0.05) is 5.92 Å². The summed E-state index contributed by atoms with van der Waals surface area (Å²) in [7, 11) is 0. The third-order valence-corrected chi connectivity index (χ3v) is 2.09. The Morgan fingerprint density at radius 3 is 2.33 bits per heavy atom. The van der Waals surface area contributed by atoms with Crippen LogP contribution < -0.4 is 0 Å². The lowest BCUT2D eigenvalue weighted by atomic mass is 10.3. The van der Waals surface area contributed by atoms with E-state index in [0.29, 0.717) is 17.8 Å². The lowest BCUT2D eigenvalue weighted by molar-refractivity contribution is -0.109. The van der Waals surface area contributed by atoms with E-state index >= 15 is 0 Å². The molecule has 0 aromatic heterocycles. The van der Waals surface area contributed by atoms with Gasteiger partial charge < -0.3 is 4.79 Å². The summed E-state index contributed by atoms with van der Waals surface area (Å²) in [6.07, 6.45) is 5.20. The number of hydrogen-bond acceptors (Lipinski definition) is 1. The topological polar surface area (TPSA) is 17.1 Å². The molecule has 1 fully saturated rings. The largest absolute Gasteiger partial charge is 0.303 e. The smallest absolute Gasteiger partial charge is 0.123 e. The molecule has 0 aliphatic heterocycles. The fourth-order valence-corrected chi connectivity index (χ4v) is 1.27. The molecule has 50 valence electrons. The first-order chi connectivity index (χ1) is 4.31. The van der Waals surface area contributed by atoms with Gasteiger partial charge in [-0.3, -0.25) is 0 Å². The lowest BCUT2D eigenvalue weighted by Gasteiger charge is -1.76. The van der Waals surface area contributed by atoms with Gasteiger partial charge in [-0.25, -0.2) is 0 Å². The third-order valence-electron chi connectivity index (χ3n) is 2.09. The zero-order chi connectivity index (χ0) is 6.85. The zero-order valence-corrected chi connectivity index (χ0v) is 5.87. The van der Waals surface area contributed by atoms with E-state index in [1.54, 1.807) is 0 Å². The molecule has 1 aliphatic carbocycles. The molecule has 0 unspecified atom stereocenters. The average Bonchev–Trinajstić information content (AvgIpc) is 2.44. The maximum atomic E-state index is 10.2. The molecule has 0 saturated heterocycles. The second kappa shape index (κ2) is 2.34. The van der Waals surface area contributed by atoms with E-state index in [1.165, 1.54) is 0 Å². The summed E-state index contributed by atoms with van der Waals surface area (Å²) < 4.78 is 0. The van der Waals surface area contributed by atoms with Crippen molar-refractivity contribution in [3.63, 3.8) is 0 Å². The Balaban J connectivity index is 2.41. The van der Waals surface area contributed by atoms with Crippen LogP contribution >= 0.6 is 0 Å². The van der Waals surface area contributed by atoms with Crippen LogP contribution in [-0.2, 0) is 4.79 Å². The Labute approximate surface area is 55.8 Å². The van der Waals surface area contributed by atoms with E-state index in [4.69, 9.17) is 0 Å². The summed E-state index contributed by atoms with van der Waals surface area (Å²) in [5.74, 6) is 1.47. The molecule has 0 amide bonds. The molecule has 0 N–H and O–H groups in total. The highest BCUT2D eigenvalue weighted by Crippen LogP contribution is 2.45. The van der Waals surface area contributed by atoms with Crippen LogP contribution in [0.4, 0.5) is 0 Å². The van der Waals surface area contributed by atoms with Gasteiger partial charge in [0.1, 0.15) is 6.29 Å². The number of hydrogen-bond donors (Lipinski definition) is 0. The molecule has 9 heavy (non-hydrogen) atoms.